The number of H-pyrrole nitrogens is 1. The Morgan fingerprint density at radius 2 is 2.19 bits per heavy atom. The predicted molar refractivity (Wildman–Crippen MR) is 102 cm³/mol. The van der Waals surface area contributed by atoms with E-state index in [1.54, 1.807) is 6.92 Å². The van der Waals surface area contributed by atoms with Crippen molar-refractivity contribution >= 4 is 39.4 Å². The van der Waals surface area contributed by atoms with Gasteiger partial charge in [0.15, 0.2) is 0 Å². The summed E-state index contributed by atoms with van der Waals surface area (Å²) in [6, 6.07) is 9.65. The molecule has 1 N–H and O–H groups in total. The Morgan fingerprint density at radius 1 is 1.38 bits per heavy atom. The molecule has 0 saturated heterocycles. The molecule has 26 heavy (non-hydrogen) atoms. The summed E-state index contributed by atoms with van der Waals surface area (Å²) in [4.78, 5) is 20.6. The standard InChI is InChI=1S/C18H14N6OS/c1-3-15-22-23-18(26-15)20-9-12-10(2)11(8-19)16-21-13-6-4-5-7-14(13)24(16)17(12)25/h4-7,9,21H,3H2,1-2H3/b20-9+. The fraction of sp³-hybridized carbons (Fsp3) is 0.167. The number of para-hydroxylation sites is 2. The van der Waals surface area contributed by atoms with Gasteiger partial charge in [0, 0.05) is 6.21 Å². The lowest BCUT2D eigenvalue weighted by atomic mass is 10.1. The molecule has 0 radical (unpaired) electrons. The van der Waals surface area contributed by atoms with Crippen molar-refractivity contribution in [1.82, 2.24) is 19.6 Å². The average Bonchev–Trinajstić information content (AvgIpc) is 3.26. The van der Waals surface area contributed by atoms with E-state index in [-0.39, 0.29) is 5.56 Å². The van der Waals surface area contributed by atoms with E-state index in [4.69, 9.17) is 0 Å². The first-order valence-corrected chi connectivity index (χ1v) is 8.88. The summed E-state index contributed by atoms with van der Waals surface area (Å²) in [5.74, 6) is 0. The highest BCUT2D eigenvalue weighted by atomic mass is 32.1. The van der Waals surface area contributed by atoms with E-state index in [1.807, 2.05) is 31.2 Å². The molecule has 3 heterocycles. The molecule has 0 spiro atoms. The number of rotatable bonds is 3. The molecule has 0 bridgehead atoms. The quantitative estimate of drug-likeness (QED) is 0.566. The van der Waals surface area contributed by atoms with Gasteiger partial charge in [-0.1, -0.05) is 30.4 Å². The fourth-order valence-electron chi connectivity index (χ4n) is 2.91. The Bertz CT molecular complexity index is 1270. The molecule has 8 heteroatoms. The molecule has 128 valence electrons. The topological polar surface area (TPSA) is 99.2 Å². The van der Waals surface area contributed by atoms with Crippen molar-refractivity contribution in [1.29, 1.82) is 5.26 Å². The minimum Gasteiger partial charge on any atom is -0.338 e. The van der Waals surface area contributed by atoms with Crippen LogP contribution in [0, 0.1) is 18.3 Å². The molecule has 3 aromatic heterocycles. The maximum atomic E-state index is 13.1. The van der Waals surface area contributed by atoms with Gasteiger partial charge < -0.3 is 4.98 Å². The lowest BCUT2D eigenvalue weighted by Crippen LogP contribution is -2.20. The highest BCUT2D eigenvalue weighted by molar-refractivity contribution is 7.14. The van der Waals surface area contributed by atoms with E-state index in [9.17, 15) is 10.1 Å². The number of pyridine rings is 1. The van der Waals surface area contributed by atoms with Crippen LogP contribution in [0.15, 0.2) is 34.1 Å². The van der Waals surface area contributed by atoms with Gasteiger partial charge in [0.1, 0.15) is 16.7 Å². The van der Waals surface area contributed by atoms with Gasteiger partial charge in [-0.15, -0.1) is 10.2 Å². The minimum atomic E-state index is -0.224. The zero-order valence-corrected chi connectivity index (χ0v) is 15.0. The predicted octanol–water partition coefficient (Wildman–Crippen LogP) is 3.13. The fourth-order valence-corrected chi connectivity index (χ4v) is 3.53. The molecule has 4 aromatic rings. The number of nitrogens with zero attached hydrogens (tertiary/aromatic N) is 5. The molecule has 0 aliphatic heterocycles. The number of fused-ring (bicyclic) bond motifs is 3. The van der Waals surface area contributed by atoms with Gasteiger partial charge >= 0.3 is 0 Å². The van der Waals surface area contributed by atoms with Crippen molar-refractivity contribution in [3.05, 3.63) is 56.3 Å². The molecule has 0 atom stereocenters. The molecular formula is C18H14N6OS. The van der Waals surface area contributed by atoms with Crippen molar-refractivity contribution in [2.24, 2.45) is 4.99 Å². The van der Waals surface area contributed by atoms with Gasteiger partial charge in [-0.3, -0.25) is 9.20 Å². The number of aryl methyl sites for hydroxylation is 1. The summed E-state index contributed by atoms with van der Waals surface area (Å²) in [5, 5.41) is 19.0. The minimum absolute atomic E-state index is 0.224. The van der Waals surface area contributed by atoms with Gasteiger partial charge in [0.05, 0.1) is 22.2 Å². The summed E-state index contributed by atoms with van der Waals surface area (Å²) < 4.78 is 1.53. The normalized spacial score (nSPS) is 11.6. The van der Waals surface area contributed by atoms with Gasteiger partial charge in [-0.25, -0.2) is 4.99 Å². The molecule has 0 aliphatic carbocycles. The first-order chi connectivity index (χ1) is 12.6. The van der Waals surface area contributed by atoms with Crippen LogP contribution in [0.5, 0.6) is 0 Å². The van der Waals surface area contributed by atoms with Crippen LogP contribution < -0.4 is 5.56 Å². The molecule has 0 unspecified atom stereocenters. The van der Waals surface area contributed by atoms with Crippen molar-refractivity contribution < 1.29 is 0 Å². The Kier molecular flexibility index (Phi) is 3.86. The first kappa shape index (κ1) is 16.2. The molecule has 0 saturated carbocycles. The van der Waals surface area contributed by atoms with Crippen LogP contribution in [0.2, 0.25) is 0 Å². The van der Waals surface area contributed by atoms with Crippen molar-refractivity contribution in [2.45, 2.75) is 20.3 Å². The summed E-state index contributed by atoms with van der Waals surface area (Å²) in [5.41, 5.74) is 3.18. The smallest absolute Gasteiger partial charge is 0.265 e. The van der Waals surface area contributed by atoms with Crippen LogP contribution in [0.4, 0.5) is 5.13 Å². The number of aromatic nitrogens is 4. The van der Waals surface area contributed by atoms with Crippen LogP contribution >= 0.6 is 11.3 Å². The third kappa shape index (κ3) is 2.41. The lowest BCUT2D eigenvalue weighted by Gasteiger charge is -2.05. The number of benzene rings is 1. The van der Waals surface area contributed by atoms with E-state index in [2.05, 4.69) is 26.2 Å². The van der Waals surface area contributed by atoms with Crippen LogP contribution in [-0.4, -0.2) is 25.8 Å². The number of hydrogen-bond acceptors (Lipinski definition) is 6. The van der Waals surface area contributed by atoms with Crippen molar-refractivity contribution in [2.75, 3.05) is 0 Å². The molecule has 1 aromatic carbocycles. The maximum Gasteiger partial charge on any atom is 0.265 e. The van der Waals surface area contributed by atoms with E-state index in [1.165, 1.54) is 22.0 Å². The summed E-state index contributed by atoms with van der Waals surface area (Å²) in [6.45, 7) is 3.75. The highest BCUT2D eigenvalue weighted by Crippen LogP contribution is 2.22. The molecule has 0 fully saturated rings. The highest BCUT2D eigenvalue weighted by Gasteiger charge is 2.17. The SMILES string of the molecule is CCc1nnc(/N=C/c2c(C)c(C#N)c3[nH]c4ccccc4n3c2=O)s1. The van der Waals surface area contributed by atoms with Gasteiger partial charge in [-0.2, -0.15) is 5.26 Å². The molecule has 0 aliphatic rings. The van der Waals surface area contributed by atoms with E-state index < -0.39 is 0 Å². The van der Waals surface area contributed by atoms with Crippen molar-refractivity contribution in [3.63, 3.8) is 0 Å². The van der Waals surface area contributed by atoms with Crippen LogP contribution in [0.1, 0.15) is 28.6 Å². The second-order valence-corrected chi connectivity index (χ2v) is 6.79. The number of hydrogen-bond donors (Lipinski definition) is 1. The molecule has 0 amide bonds. The Hall–Kier alpha value is -3.31. The van der Waals surface area contributed by atoms with Gasteiger partial charge in [0.25, 0.3) is 5.56 Å². The first-order valence-electron chi connectivity index (χ1n) is 8.06. The number of aromatic amines is 1. The summed E-state index contributed by atoms with van der Waals surface area (Å²) >= 11 is 1.38. The zero-order valence-electron chi connectivity index (χ0n) is 14.1. The molecular weight excluding hydrogens is 348 g/mol. The maximum absolute atomic E-state index is 13.1. The van der Waals surface area contributed by atoms with E-state index in [0.29, 0.717) is 27.5 Å². The number of aliphatic imine (C=N–C) groups is 1. The van der Waals surface area contributed by atoms with E-state index in [0.717, 1.165) is 22.5 Å². The second kappa shape index (κ2) is 6.20. The third-order valence-electron chi connectivity index (χ3n) is 4.25. The van der Waals surface area contributed by atoms with Crippen LogP contribution in [-0.2, 0) is 6.42 Å². The zero-order chi connectivity index (χ0) is 18.3. The Balaban J connectivity index is 1.99. The van der Waals surface area contributed by atoms with Gasteiger partial charge in [0.2, 0.25) is 5.13 Å². The van der Waals surface area contributed by atoms with Crippen molar-refractivity contribution in [3.8, 4) is 6.07 Å². The van der Waals surface area contributed by atoms with E-state index >= 15 is 0 Å². The third-order valence-corrected chi connectivity index (χ3v) is 5.22. The largest absolute Gasteiger partial charge is 0.338 e. The van der Waals surface area contributed by atoms with Gasteiger partial charge in [-0.05, 0) is 31.0 Å². The van der Waals surface area contributed by atoms with Crippen LogP contribution in [0.3, 0.4) is 0 Å². The molecule has 7 nitrogen and oxygen atoms in total. The molecule has 4 rings (SSSR count). The number of nitrogens with one attached hydrogen (secondary N) is 1. The second-order valence-electron chi connectivity index (χ2n) is 5.75. The van der Waals surface area contributed by atoms with Crippen LogP contribution in [0.25, 0.3) is 16.7 Å². The number of nitriles is 1. The summed E-state index contributed by atoms with van der Waals surface area (Å²) in [7, 11) is 0. The lowest BCUT2D eigenvalue weighted by molar-refractivity contribution is 0.982. The monoisotopic (exact) mass is 362 g/mol. The Labute approximate surface area is 152 Å². The average molecular weight is 362 g/mol. The summed E-state index contributed by atoms with van der Waals surface area (Å²) in [6.07, 6.45) is 2.27. The number of imidazole rings is 1. The Morgan fingerprint density at radius 3 is 2.92 bits per heavy atom.